The van der Waals surface area contributed by atoms with Crippen LogP contribution in [0, 0.1) is 13.8 Å². The molecule has 1 aliphatic rings. The van der Waals surface area contributed by atoms with Gasteiger partial charge in [0, 0.05) is 17.0 Å². The van der Waals surface area contributed by atoms with Crippen molar-refractivity contribution in [3.8, 4) is 5.75 Å². The molecule has 1 N–H and O–H groups in total. The van der Waals surface area contributed by atoms with E-state index in [-0.39, 0.29) is 0 Å². The molecule has 16 heavy (non-hydrogen) atoms. The first-order valence-corrected chi connectivity index (χ1v) is 5.89. The minimum atomic E-state index is -0.492. The first-order chi connectivity index (χ1) is 7.47. The summed E-state index contributed by atoms with van der Waals surface area (Å²) in [5.41, 5.74) is 2.65. The minimum absolute atomic E-state index is 0.492. The SMILES string of the molecule is COc1c(C)c(Cl)cc(CC2(O)CC2)c1C. The van der Waals surface area contributed by atoms with Gasteiger partial charge in [-0.15, -0.1) is 0 Å². The van der Waals surface area contributed by atoms with Crippen LogP contribution >= 0.6 is 11.6 Å². The van der Waals surface area contributed by atoms with Gasteiger partial charge in [0.05, 0.1) is 12.7 Å². The van der Waals surface area contributed by atoms with Crippen molar-refractivity contribution in [3.63, 3.8) is 0 Å². The Kier molecular flexibility index (Phi) is 2.89. The van der Waals surface area contributed by atoms with Gasteiger partial charge in [0.2, 0.25) is 0 Å². The quantitative estimate of drug-likeness (QED) is 0.880. The van der Waals surface area contributed by atoms with Gasteiger partial charge >= 0.3 is 0 Å². The van der Waals surface area contributed by atoms with Crippen LogP contribution in [0.15, 0.2) is 6.07 Å². The van der Waals surface area contributed by atoms with Crippen LogP contribution in [0.25, 0.3) is 0 Å². The van der Waals surface area contributed by atoms with Crippen LogP contribution in [-0.4, -0.2) is 17.8 Å². The summed E-state index contributed by atoms with van der Waals surface area (Å²) in [6.45, 7) is 3.97. The van der Waals surface area contributed by atoms with Gasteiger partial charge in [-0.2, -0.15) is 0 Å². The number of halogens is 1. The Morgan fingerprint density at radius 2 is 2.00 bits per heavy atom. The number of hydrogen-bond donors (Lipinski definition) is 1. The van der Waals surface area contributed by atoms with Crippen molar-refractivity contribution in [3.05, 3.63) is 27.8 Å². The molecule has 88 valence electrons. The predicted octanol–water partition coefficient (Wildman–Crippen LogP) is 3.03. The molecule has 1 aromatic rings. The summed E-state index contributed by atoms with van der Waals surface area (Å²) in [6.07, 6.45) is 2.45. The van der Waals surface area contributed by atoms with Crippen LogP contribution < -0.4 is 4.74 Å². The third-order valence-electron chi connectivity index (χ3n) is 3.37. The van der Waals surface area contributed by atoms with E-state index in [1.165, 1.54) is 0 Å². The van der Waals surface area contributed by atoms with E-state index in [4.69, 9.17) is 16.3 Å². The molecule has 2 rings (SSSR count). The van der Waals surface area contributed by atoms with Crippen molar-refractivity contribution in [2.24, 2.45) is 0 Å². The van der Waals surface area contributed by atoms with E-state index in [2.05, 4.69) is 0 Å². The molecule has 1 fully saturated rings. The summed E-state index contributed by atoms with van der Waals surface area (Å²) in [7, 11) is 1.65. The van der Waals surface area contributed by atoms with Crippen molar-refractivity contribution in [1.82, 2.24) is 0 Å². The molecule has 1 saturated carbocycles. The highest BCUT2D eigenvalue weighted by Gasteiger charge is 2.40. The zero-order chi connectivity index (χ0) is 11.9. The first-order valence-electron chi connectivity index (χ1n) is 5.52. The van der Waals surface area contributed by atoms with Gasteiger partial charge in [-0.25, -0.2) is 0 Å². The van der Waals surface area contributed by atoms with Crippen LogP contribution in [0.4, 0.5) is 0 Å². The molecule has 1 aromatic carbocycles. The second kappa shape index (κ2) is 3.94. The van der Waals surface area contributed by atoms with Gasteiger partial charge in [0.15, 0.2) is 0 Å². The first kappa shape index (κ1) is 11.7. The second-order valence-electron chi connectivity index (χ2n) is 4.70. The number of methoxy groups -OCH3 is 1. The largest absolute Gasteiger partial charge is 0.496 e. The monoisotopic (exact) mass is 240 g/mol. The third kappa shape index (κ3) is 2.04. The Balaban J connectivity index is 2.41. The Bertz CT molecular complexity index is 422. The summed E-state index contributed by atoms with van der Waals surface area (Å²) < 4.78 is 5.37. The fourth-order valence-corrected chi connectivity index (χ4v) is 2.29. The zero-order valence-corrected chi connectivity index (χ0v) is 10.7. The lowest BCUT2D eigenvalue weighted by Crippen LogP contribution is -2.12. The van der Waals surface area contributed by atoms with Crippen molar-refractivity contribution in [1.29, 1.82) is 0 Å². The number of rotatable bonds is 3. The predicted molar refractivity (Wildman–Crippen MR) is 65.4 cm³/mol. The van der Waals surface area contributed by atoms with Crippen molar-refractivity contribution >= 4 is 11.6 Å². The summed E-state index contributed by atoms with van der Waals surface area (Å²) in [4.78, 5) is 0. The molecule has 0 aliphatic heterocycles. The average Bonchev–Trinajstić information content (AvgIpc) is 2.94. The van der Waals surface area contributed by atoms with Gasteiger partial charge in [0.1, 0.15) is 5.75 Å². The molecule has 0 saturated heterocycles. The normalized spacial score (nSPS) is 17.3. The van der Waals surface area contributed by atoms with Crippen LogP contribution in [0.2, 0.25) is 5.02 Å². The number of aliphatic hydroxyl groups is 1. The average molecular weight is 241 g/mol. The van der Waals surface area contributed by atoms with E-state index in [1.54, 1.807) is 7.11 Å². The highest BCUT2D eigenvalue weighted by molar-refractivity contribution is 6.31. The zero-order valence-electron chi connectivity index (χ0n) is 9.93. The van der Waals surface area contributed by atoms with Gasteiger partial charge in [-0.3, -0.25) is 0 Å². The van der Waals surface area contributed by atoms with E-state index in [0.717, 1.165) is 35.3 Å². The smallest absolute Gasteiger partial charge is 0.126 e. The lowest BCUT2D eigenvalue weighted by Gasteiger charge is -2.16. The Hall–Kier alpha value is -0.730. The lowest BCUT2D eigenvalue weighted by atomic mass is 9.98. The molecular formula is C13H17ClO2. The molecule has 3 heteroatoms. The minimum Gasteiger partial charge on any atom is -0.496 e. The maximum absolute atomic E-state index is 9.95. The molecule has 0 amide bonds. The Morgan fingerprint density at radius 3 is 2.50 bits per heavy atom. The molecule has 1 aliphatic carbocycles. The molecule has 0 atom stereocenters. The van der Waals surface area contributed by atoms with Crippen LogP contribution in [0.3, 0.4) is 0 Å². The standard InChI is InChI=1S/C13H17ClO2/c1-8-10(7-13(15)4-5-13)6-11(14)9(2)12(8)16-3/h6,15H,4-5,7H2,1-3H3. The maximum Gasteiger partial charge on any atom is 0.126 e. The van der Waals surface area contributed by atoms with E-state index in [9.17, 15) is 5.11 Å². The second-order valence-corrected chi connectivity index (χ2v) is 5.11. The van der Waals surface area contributed by atoms with Crippen molar-refractivity contribution in [2.75, 3.05) is 7.11 Å². The molecule has 0 heterocycles. The molecular weight excluding hydrogens is 224 g/mol. The van der Waals surface area contributed by atoms with E-state index < -0.39 is 5.60 Å². The molecule has 2 nitrogen and oxygen atoms in total. The Labute approximate surface area is 101 Å². The number of ether oxygens (including phenoxy) is 1. The topological polar surface area (TPSA) is 29.5 Å². The molecule has 0 aromatic heterocycles. The third-order valence-corrected chi connectivity index (χ3v) is 3.77. The number of benzene rings is 1. The van der Waals surface area contributed by atoms with E-state index >= 15 is 0 Å². The lowest BCUT2D eigenvalue weighted by molar-refractivity contribution is 0.150. The molecule has 0 bridgehead atoms. The summed E-state index contributed by atoms with van der Waals surface area (Å²) in [6, 6.07) is 1.95. The maximum atomic E-state index is 9.95. The fourth-order valence-electron chi connectivity index (χ4n) is 2.07. The fraction of sp³-hybridized carbons (Fsp3) is 0.538. The van der Waals surface area contributed by atoms with Gasteiger partial charge in [-0.05, 0) is 43.9 Å². The van der Waals surface area contributed by atoms with Crippen LogP contribution in [0.1, 0.15) is 29.5 Å². The van der Waals surface area contributed by atoms with Crippen LogP contribution in [-0.2, 0) is 6.42 Å². The van der Waals surface area contributed by atoms with Crippen molar-refractivity contribution < 1.29 is 9.84 Å². The van der Waals surface area contributed by atoms with Crippen LogP contribution in [0.5, 0.6) is 5.75 Å². The molecule has 0 spiro atoms. The number of hydrogen-bond acceptors (Lipinski definition) is 2. The highest BCUT2D eigenvalue weighted by atomic mass is 35.5. The van der Waals surface area contributed by atoms with E-state index in [1.807, 2.05) is 19.9 Å². The van der Waals surface area contributed by atoms with Gasteiger partial charge in [0.25, 0.3) is 0 Å². The Morgan fingerprint density at radius 1 is 1.38 bits per heavy atom. The van der Waals surface area contributed by atoms with E-state index in [0.29, 0.717) is 11.4 Å². The highest BCUT2D eigenvalue weighted by Crippen LogP contribution is 2.41. The molecule has 0 unspecified atom stereocenters. The van der Waals surface area contributed by atoms with Gasteiger partial charge in [-0.1, -0.05) is 11.6 Å². The summed E-state index contributed by atoms with van der Waals surface area (Å²) in [5.74, 6) is 0.840. The van der Waals surface area contributed by atoms with Crippen molar-refractivity contribution in [2.45, 2.75) is 38.7 Å². The summed E-state index contributed by atoms with van der Waals surface area (Å²) in [5, 5.41) is 10.7. The molecule has 0 radical (unpaired) electrons. The summed E-state index contributed by atoms with van der Waals surface area (Å²) >= 11 is 6.16. The van der Waals surface area contributed by atoms with Gasteiger partial charge < -0.3 is 9.84 Å².